The molecule has 1 nitrogen and oxygen atoms in total. The van der Waals surface area contributed by atoms with Gasteiger partial charge in [0.25, 0.3) is 0 Å². The Kier molecular flexibility index (Phi) is 4.02. The van der Waals surface area contributed by atoms with Crippen molar-refractivity contribution in [1.29, 1.82) is 0 Å². The van der Waals surface area contributed by atoms with Crippen LogP contribution in [0.15, 0.2) is 51.4 Å². The highest BCUT2D eigenvalue weighted by Gasteiger charge is 2.13. The van der Waals surface area contributed by atoms with E-state index in [0.717, 1.165) is 20.1 Å². The molecule has 0 heterocycles. The van der Waals surface area contributed by atoms with Crippen LogP contribution < -0.4 is 0 Å². The first-order valence-electron chi connectivity index (χ1n) is 5.27. The molecule has 0 aromatic heterocycles. The molecule has 2 aromatic rings. The van der Waals surface area contributed by atoms with Crippen molar-refractivity contribution in [3.63, 3.8) is 0 Å². The summed E-state index contributed by atoms with van der Waals surface area (Å²) in [4.78, 5) is 0. The molecular formula is C14H12Br2O. The van der Waals surface area contributed by atoms with Crippen molar-refractivity contribution in [3.8, 4) is 0 Å². The first-order valence-corrected chi connectivity index (χ1v) is 6.86. The minimum absolute atomic E-state index is 0.609. The summed E-state index contributed by atoms with van der Waals surface area (Å²) in [6.07, 6.45) is -0.609. The van der Waals surface area contributed by atoms with Gasteiger partial charge in [-0.2, -0.15) is 0 Å². The van der Waals surface area contributed by atoms with E-state index in [2.05, 4.69) is 31.9 Å². The summed E-state index contributed by atoms with van der Waals surface area (Å²) in [5.74, 6) is 0. The Bertz CT molecular complexity index is 520. The van der Waals surface area contributed by atoms with Gasteiger partial charge in [-0.15, -0.1) is 0 Å². The molecule has 0 saturated carbocycles. The van der Waals surface area contributed by atoms with Gasteiger partial charge in [0.2, 0.25) is 0 Å². The predicted octanol–water partition coefficient (Wildman–Crippen LogP) is 4.60. The van der Waals surface area contributed by atoms with Crippen molar-refractivity contribution in [2.45, 2.75) is 13.0 Å². The average Bonchev–Trinajstić information content (AvgIpc) is 2.32. The quantitative estimate of drug-likeness (QED) is 0.834. The highest BCUT2D eigenvalue weighted by molar-refractivity contribution is 9.11. The van der Waals surface area contributed by atoms with Crippen molar-refractivity contribution in [1.82, 2.24) is 0 Å². The zero-order chi connectivity index (χ0) is 12.4. The molecule has 0 amide bonds. The molecule has 2 aromatic carbocycles. The zero-order valence-electron chi connectivity index (χ0n) is 9.32. The molecule has 0 saturated heterocycles. The van der Waals surface area contributed by atoms with Crippen LogP contribution in [0.5, 0.6) is 0 Å². The van der Waals surface area contributed by atoms with Crippen LogP contribution in [0.1, 0.15) is 22.8 Å². The number of hydrogen-bond acceptors (Lipinski definition) is 1. The number of halogens is 2. The molecule has 0 aliphatic carbocycles. The van der Waals surface area contributed by atoms with Crippen LogP contribution in [0, 0.1) is 6.92 Å². The zero-order valence-corrected chi connectivity index (χ0v) is 12.5. The van der Waals surface area contributed by atoms with Crippen molar-refractivity contribution in [3.05, 3.63) is 68.1 Å². The van der Waals surface area contributed by atoms with Gasteiger partial charge in [0, 0.05) is 14.5 Å². The second-order valence-electron chi connectivity index (χ2n) is 3.98. The van der Waals surface area contributed by atoms with E-state index in [-0.39, 0.29) is 0 Å². The largest absolute Gasteiger partial charge is 0.384 e. The molecular weight excluding hydrogens is 344 g/mol. The standard InChI is InChI=1S/C14H12Br2O/c1-9-2-4-10(5-3-9)14(17)12-8-11(15)6-7-13(12)16/h2-8,14,17H,1H3. The Morgan fingerprint density at radius 1 is 1.00 bits per heavy atom. The first-order chi connectivity index (χ1) is 8.08. The van der Waals surface area contributed by atoms with Gasteiger partial charge in [0.1, 0.15) is 6.10 Å². The van der Waals surface area contributed by atoms with E-state index >= 15 is 0 Å². The van der Waals surface area contributed by atoms with Crippen molar-refractivity contribution in [2.75, 3.05) is 0 Å². The third-order valence-corrected chi connectivity index (χ3v) is 3.86. The van der Waals surface area contributed by atoms with Gasteiger partial charge in [-0.05, 0) is 30.7 Å². The SMILES string of the molecule is Cc1ccc(C(O)c2cc(Br)ccc2Br)cc1. The Morgan fingerprint density at radius 2 is 1.65 bits per heavy atom. The molecule has 0 bridgehead atoms. The van der Waals surface area contributed by atoms with Gasteiger partial charge in [-0.3, -0.25) is 0 Å². The molecule has 0 radical (unpaired) electrons. The maximum Gasteiger partial charge on any atom is 0.105 e. The maximum atomic E-state index is 10.3. The predicted molar refractivity (Wildman–Crippen MR) is 77.1 cm³/mol. The summed E-state index contributed by atoms with van der Waals surface area (Å²) >= 11 is 6.88. The van der Waals surface area contributed by atoms with E-state index in [1.165, 1.54) is 5.56 Å². The minimum Gasteiger partial charge on any atom is -0.384 e. The van der Waals surface area contributed by atoms with Gasteiger partial charge < -0.3 is 5.11 Å². The second-order valence-corrected chi connectivity index (χ2v) is 5.75. The highest BCUT2D eigenvalue weighted by Crippen LogP contribution is 2.30. The average molecular weight is 356 g/mol. The van der Waals surface area contributed by atoms with Crippen LogP contribution in [0.2, 0.25) is 0 Å². The van der Waals surface area contributed by atoms with Crippen LogP contribution in [0.4, 0.5) is 0 Å². The molecule has 0 spiro atoms. The van der Waals surface area contributed by atoms with Crippen molar-refractivity contribution < 1.29 is 5.11 Å². The fraction of sp³-hybridized carbons (Fsp3) is 0.143. The topological polar surface area (TPSA) is 20.2 Å². The van der Waals surface area contributed by atoms with Crippen LogP contribution in [0.25, 0.3) is 0 Å². The van der Waals surface area contributed by atoms with Crippen LogP contribution >= 0.6 is 31.9 Å². The van der Waals surface area contributed by atoms with E-state index < -0.39 is 6.10 Å². The molecule has 0 fully saturated rings. The minimum atomic E-state index is -0.609. The second kappa shape index (κ2) is 5.34. The van der Waals surface area contributed by atoms with E-state index in [9.17, 15) is 5.11 Å². The molecule has 1 unspecified atom stereocenters. The summed E-state index contributed by atoms with van der Waals surface area (Å²) in [7, 11) is 0. The first kappa shape index (κ1) is 12.8. The fourth-order valence-electron chi connectivity index (χ4n) is 1.65. The summed E-state index contributed by atoms with van der Waals surface area (Å²) in [5.41, 5.74) is 2.95. The number of aliphatic hydroxyl groups is 1. The fourth-order valence-corrected chi connectivity index (χ4v) is 2.49. The molecule has 1 N–H and O–H groups in total. The number of benzene rings is 2. The third-order valence-electron chi connectivity index (χ3n) is 2.65. The normalized spacial score (nSPS) is 12.5. The molecule has 2 rings (SSSR count). The van der Waals surface area contributed by atoms with Gasteiger partial charge in [-0.25, -0.2) is 0 Å². The summed E-state index contributed by atoms with van der Waals surface area (Å²) < 4.78 is 1.87. The van der Waals surface area contributed by atoms with Crippen LogP contribution in [-0.2, 0) is 0 Å². The van der Waals surface area contributed by atoms with Crippen molar-refractivity contribution in [2.24, 2.45) is 0 Å². The molecule has 17 heavy (non-hydrogen) atoms. The smallest absolute Gasteiger partial charge is 0.105 e. The van der Waals surface area contributed by atoms with Crippen LogP contribution in [0.3, 0.4) is 0 Å². The summed E-state index contributed by atoms with van der Waals surface area (Å²) in [5, 5.41) is 10.3. The molecule has 3 heteroatoms. The molecule has 88 valence electrons. The number of aryl methyl sites for hydroxylation is 1. The lowest BCUT2D eigenvalue weighted by molar-refractivity contribution is 0.219. The Labute approximate surface area is 118 Å². The van der Waals surface area contributed by atoms with Gasteiger partial charge in [0.15, 0.2) is 0 Å². The molecule has 0 aliphatic rings. The third kappa shape index (κ3) is 2.97. The van der Waals surface area contributed by atoms with E-state index in [0.29, 0.717) is 0 Å². The Morgan fingerprint density at radius 3 is 2.29 bits per heavy atom. The summed E-state index contributed by atoms with van der Waals surface area (Å²) in [6, 6.07) is 13.7. The number of aliphatic hydroxyl groups excluding tert-OH is 1. The van der Waals surface area contributed by atoms with E-state index in [1.54, 1.807) is 0 Å². The lowest BCUT2D eigenvalue weighted by Gasteiger charge is -2.14. The molecule has 1 atom stereocenters. The van der Waals surface area contributed by atoms with Gasteiger partial charge in [-0.1, -0.05) is 61.7 Å². The summed E-state index contributed by atoms with van der Waals surface area (Å²) in [6.45, 7) is 2.03. The van der Waals surface area contributed by atoms with Gasteiger partial charge >= 0.3 is 0 Å². The van der Waals surface area contributed by atoms with Crippen molar-refractivity contribution >= 4 is 31.9 Å². The Balaban J connectivity index is 2.39. The number of rotatable bonds is 2. The lowest BCUT2D eigenvalue weighted by Crippen LogP contribution is -2.00. The number of hydrogen-bond donors (Lipinski definition) is 1. The monoisotopic (exact) mass is 354 g/mol. The lowest BCUT2D eigenvalue weighted by atomic mass is 10.0. The van der Waals surface area contributed by atoms with E-state index in [1.807, 2.05) is 49.4 Å². The van der Waals surface area contributed by atoms with Crippen LogP contribution in [-0.4, -0.2) is 5.11 Å². The highest BCUT2D eigenvalue weighted by atomic mass is 79.9. The maximum absolute atomic E-state index is 10.3. The Hall–Kier alpha value is -0.640. The van der Waals surface area contributed by atoms with E-state index in [4.69, 9.17) is 0 Å². The molecule has 0 aliphatic heterocycles. The van der Waals surface area contributed by atoms with Gasteiger partial charge in [0.05, 0.1) is 0 Å².